The summed E-state index contributed by atoms with van der Waals surface area (Å²) < 4.78 is 0. The summed E-state index contributed by atoms with van der Waals surface area (Å²) in [5, 5.41) is 3.38. The third-order valence-corrected chi connectivity index (χ3v) is 3.97. The van der Waals surface area contributed by atoms with Gasteiger partial charge in [0.25, 0.3) is 0 Å². The van der Waals surface area contributed by atoms with Crippen molar-refractivity contribution in [1.82, 2.24) is 15.2 Å². The summed E-state index contributed by atoms with van der Waals surface area (Å²) in [4.78, 5) is 18.6. The Kier molecular flexibility index (Phi) is 5.53. The summed E-state index contributed by atoms with van der Waals surface area (Å²) >= 11 is 0. The second-order valence-electron chi connectivity index (χ2n) is 5.64. The predicted octanol–water partition coefficient (Wildman–Crippen LogP) is 2.52. The maximum atomic E-state index is 12.5. The quantitative estimate of drug-likeness (QED) is 0.918. The van der Waals surface area contributed by atoms with Crippen LogP contribution in [0.3, 0.4) is 0 Å². The van der Waals surface area contributed by atoms with E-state index in [9.17, 15) is 4.79 Å². The first-order valence-corrected chi connectivity index (χ1v) is 7.63. The minimum absolute atomic E-state index is 0.134. The van der Waals surface area contributed by atoms with Crippen LogP contribution >= 0.6 is 0 Å². The maximum absolute atomic E-state index is 12.5. The standard InChI is InChI=1S/C16H25N3O/c1-13(15-8-7-9-17-12-15)18-14(2)16(20)19-10-5-3-4-6-11-19/h7-9,12-14,18H,3-6,10-11H2,1-2H3/t13-,14?/m1/s1. The summed E-state index contributed by atoms with van der Waals surface area (Å²) in [6, 6.07) is 3.95. The monoisotopic (exact) mass is 275 g/mol. The molecule has 1 fully saturated rings. The fourth-order valence-electron chi connectivity index (χ4n) is 2.74. The lowest BCUT2D eigenvalue weighted by Gasteiger charge is -2.26. The van der Waals surface area contributed by atoms with E-state index in [1.165, 1.54) is 12.8 Å². The van der Waals surface area contributed by atoms with E-state index < -0.39 is 0 Å². The molecule has 1 unspecified atom stereocenters. The topological polar surface area (TPSA) is 45.2 Å². The first-order chi connectivity index (χ1) is 9.68. The highest BCUT2D eigenvalue weighted by Crippen LogP contribution is 2.14. The molecule has 0 aromatic carbocycles. The van der Waals surface area contributed by atoms with Crippen LogP contribution in [0.5, 0.6) is 0 Å². The zero-order chi connectivity index (χ0) is 14.4. The lowest BCUT2D eigenvalue weighted by Crippen LogP contribution is -2.45. The van der Waals surface area contributed by atoms with Gasteiger partial charge < -0.3 is 4.90 Å². The molecule has 0 bridgehead atoms. The number of aromatic nitrogens is 1. The molecule has 1 aromatic rings. The third-order valence-electron chi connectivity index (χ3n) is 3.97. The molecule has 1 N–H and O–H groups in total. The van der Waals surface area contributed by atoms with Gasteiger partial charge in [0.15, 0.2) is 0 Å². The van der Waals surface area contributed by atoms with Crippen LogP contribution in [0, 0.1) is 0 Å². The third kappa shape index (κ3) is 4.04. The van der Waals surface area contributed by atoms with Crippen LogP contribution in [-0.2, 0) is 4.79 Å². The van der Waals surface area contributed by atoms with Crippen LogP contribution in [0.1, 0.15) is 51.1 Å². The van der Waals surface area contributed by atoms with Crippen molar-refractivity contribution in [1.29, 1.82) is 0 Å². The van der Waals surface area contributed by atoms with E-state index in [4.69, 9.17) is 0 Å². The van der Waals surface area contributed by atoms with E-state index in [0.717, 1.165) is 31.5 Å². The van der Waals surface area contributed by atoms with Crippen molar-refractivity contribution in [3.63, 3.8) is 0 Å². The Hall–Kier alpha value is -1.42. The van der Waals surface area contributed by atoms with E-state index in [1.807, 2.05) is 30.2 Å². The Morgan fingerprint density at radius 3 is 2.55 bits per heavy atom. The van der Waals surface area contributed by atoms with Gasteiger partial charge in [0, 0.05) is 31.5 Å². The van der Waals surface area contributed by atoms with E-state index >= 15 is 0 Å². The van der Waals surface area contributed by atoms with Crippen molar-refractivity contribution in [3.8, 4) is 0 Å². The van der Waals surface area contributed by atoms with Gasteiger partial charge >= 0.3 is 0 Å². The van der Waals surface area contributed by atoms with E-state index in [2.05, 4.69) is 17.2 Å². The fourth-order valence-corrected chi connectivity index (χ4v) is 2.74. The highest BCUT2D eigenvalue weighted by atomic mass is 16.2. The molecule has 0 radical (unpaired) electrons. The molecule has 1 aliphatic rings. The van der Waals surface area contributed by atoms with Gasteiger partial charge in [0.05, 0.1) is 6.04 Å². The molecule has 0 aliphatic carbocycles. The first-order valence-electron chi connectivity index (χ1n) is 7.63. The number of likely N-dealkylation sites (tertiary alicyclic amines) is 1. The largest absolute Gasteiger partial charge is 0.341 e. The van der Waals surface area contributed by atoms with Crippen LogP contribution in [0.25, 0.3) is 0 Å². The Morgan fingerprint density at radius 1 is 1.25 bits per heavy atom. The molecule has 1 aliphatic heterocycles. The van der Waals surface area contributed by atoms with E-state index in [-0.39, 0.29) is 18.0 Å². The van der Waals surface area contributed by atoms with Crippen molar-refractivity contribution in [2.45, 2.75) is 51.6 Å². The smallest absolute Gasteiger partial charge is 0.239 e. The van der Waals surface area contributed by atoms with Gasteiger partial charge in [-0.05, 0) is 38.3 Å². The van der Waals surface area contributed by atoms with Gasteiger partial charge in [-0.3, -0.25) is 15.1 Å². The van der Waals surface area contributed by atoms with Gasteiger partial charge in [-0.15, -0.1) is 0 Å². The van der Waals surface area contributed by atoms with Crippen LogP contribution < -0.4 is 5.32 Å². The van der Waals surface area contributed by atoms with Gasteiger partial charge in [0.1, 0.15) is 0 Å². The van der Waals surface area contributed by atoms with Gasteiger partial charge in [-0.25, -0.2) is 0 Å². The predicted molar refractivity (Wildman–Crippen MR) is 80.3 cm³/mol. The Labute approximate surface area is 121 Å². The maximum Gasteiger partial charge on any atom is 0.239 e. The summed E-state index contributed by atoms with van der Waals surface area (Å²) in [6.45, 7) is 5.85. The number of hydrogen-bond donors (Lipinski definition) is 1. The highest BCUT2D eigenvalue weighted by molar-refractivity contribution is 5.81. The average molecular weight is 275 g/mol. The molecule has 1 amide bonds. The number of nitrogens with one attached hydrogen (secondary N) is 1. The number of amides is 1. The molecule has 4 nitrogen and oxygen atoms in total. The lowest BCUT2D eigenvalue weighted by molar-refractivity contribution is -0.133. The molecule has 1 saturated heterocycles. The van der Waals surface area contributed by atoms with Crippen molar-refractivity contribution < 1.29 is 4.79 Å². The Balaban J connectivity index is 1.90. The SMILES string of the molecule is CC(N[C@H](C)c1cccnc1)C(=O)N1CCCCCC1. The number of carbonyl (C=O) groups excluding carboxylic acids is 1. The molecule has 0 spiro atoms. The number of nitrogens with zero attached hydrogens (tertiary/aromatic N) is 2. The van der Waals surface area contributed by atoms with Crippen molar-refractivity contribution >= 4 is 5.91 Å². The second kappa shape index (κ2) is 7.39. The molecular formula is C16H25N3O. The number of pyridine rings is 1. The van der Waals surface area contributed by atoms with Crippen LogP contribution in [-0.4, -0.2) is 34.9 Å². The number of rotatable bonds is 4. The van der Waals surface area contributed by atoms with Gasteiger partial charge in [-0.1, -0.05) is 18.9 Å². The number of carbonyl (C=O) groups is 1. The zero-order valence-corrected chi connectivity index (χ0v) is 12.5. The van der Waals surface area contributed by atoms with Crippen molar-refractivity contribution in [2.24, 2.45) is 0 Å². The van der Waals surface area contributed by atoms with Gasteiger partial charge in [0.2, 0.25) is 5.91 Å². The molecular weight excluding hydrogens is 250 g/mol. The summed E-state index contributed by atoms with van der Waals surface area (Å²) in [6.07, 6.45) is 8.38. The van der Waals surface area contributed by atoms with Crippen LogP contribution in [0.2, 0.25) is 0 Å². The van der Waals surface area contributed by atoms with Crippen LogP contribution in [0.15, 0.2) is 24.5 Å². The molecule has 1 aromatic heterocycles. The molecule has 2 heterocycles. The normalized spacial score (nSPS) is 19.2. The molecule has 2 atom stereocenters. The Bertz CT molecular complexity index is 413. The molecule has 0 saturated carbocycles. The minimum Gasteiger partial charge on any atom is -0.341 e. The van der Waals surface area contributed by atoms with Crippen molar-refractivity contribution in [3.05, 3.63) is 30.1 Å². The fraction of sp³-hybridized carbons (Fsp3) is 0.625. The summed E-state index contributed by atoms with van der Waals surface area (Å²) in [7, 11) is 0. The summed E-state index contributed by atoms with van der Waals surface area (Å²) in [5.74, 6) is 0.225. The molecule has 110 valence electrons. The molecule has 2 rings (SSSR count). The van der Waals surface area contributed by atoms with Crippen LogP contribution in [0.4, 0.5) is 0 Å². The Morgan fingerprint density at radius 2 is 1.95 bits per heavy atom. The van der Waals surface area contributed by atoms with E-state index in [1.54, 1.807) is 6.20 Å². The summed E-state index contributed by atoms with van der Waals surface area (Å²) in [5.41, 5.74) is 1.11. The zero-order valence-electron chi connectivity index (χ0n) is 12.5. The molecule has 20 heavy (non-hydrogen) atoms. The highest BCUT2D eigenvalue weighted by Gasteiger charge is 2.22. The average Bonchev–Trinajstić information content (AvgIpc) is 2.76. The first kappa shape index (κ1) is 15.0. The van der Waals surface area contributed by atoms with Crippen molar-refractivity contribution in [2.75, 3.05) is 13.1 Å². The van der Waals surface area contributed by atoms with Gasteiger partial charge in [-0.2, -0.15) is 0 Å². The lowest BCUT2D eigenvalue weighted by atomic mass is 10.1. The minimum atomic E-state index is -0.150. The molecule has 4 heteroatoms. The number of hydrogen-bond acceptors (Lipinski definition) is 3. The second-order valence-corrected chi connectivity index (χ2v) is 5.64. The van der Waals surface area contributed by atoms with E-state index in [0.29, 0.717) is 0 Å².